The van der Waals surface area contributed by atoms with E-state index in [4.69, 9.17) is 0 Å². The molecule has 0 amide bonds. The normalized spacial score (nSPS) is 11.8. The van der Waals surface area contributed by atoms with Crippen molar-refractivity contribution in [3.8, 4) is 32.5 Å². The third-order valence-electron chi connectivity index (χ3n) is 3.69. The summed E-state index contributed by atoms with van der Waals surface area (Å²) in [5.74, 6) is 0.429. The third-order valence-corrected chi connectivity index (χ3v) is 5.45. The molecule has 4 rings (SSSR count). The lowest BCUT2D eigenvalue weighted by Gasteiger charge is -2.07. The fourth-order valence-electron chi connectivity index (χ4n) is 2.54. The van der Waals surface area contributed by atoms with Gasteiger partial charge in [-0.3, -0.25) is 0 Å². The Morgan fingerprint density at radius 2 is 1.60 bits per heavy atom. The molecule has 0 unspecified atom stereocenters. The highest BCUT2D eigenvalue weighted by Gasteiger charge is 2.30. The molecular weight excluding hydrogens is 365 g/mol. The molecule has 2 nitrogen and oxygen atoms in total. The fraction of sp³-hybridized carbons (Fsp3) is 0.0556. The molecule has 1 N–H and O–H groups in total. The van der Waals surface area contributed by atoms with E-state index in [1.54, 1.807) is 28.7 Å². The predicted octanol–water partition coefficient (Wildman–Crippen LogP) is 6.55. The van der Waals surface area contributed by atoms with Gasteiger partial charge in [-0.15, -0.1) is 22.7 Å². The van der Waals surface area contributed by atoms with Crippen molar-refractivity contribution in [2.24, 2.45) is 0 Å². The number of hydrogen-bond donors (Lipinski definition) is 1. The van der Waals surface area contributed by atoms with Gasteiger partial charge in [-0.25, -0.2) is 4.98 Å². The molecule has 7 heteroatoms. The molecule has 0 fully saturated rings. The minimum atomic E-state index is -4.38. The maximum atomic E-state index is 13.0. The molecule has 0 bridgehead atoms. The Kier molecular flexibility index (Phi) is 3.97. The summed E-state index contributed by atoms with van der Waals surface area (Å²) in [5.41, 5.74) is 1.31. The van der Waals surface area contributed by atoms with E-state index in [1.807, 2.05) is 35.0 Å². The van der Waals surface area contributed by atoms with Gasteiger partial charge in [-0.1, -0.05) is 24.3 Å². The molecule has 0 radical (unpaired) electrons. The maximum absolute atomic E-state index is 13.0. The van der Waals surface area contributed by atoms with Crippen LogP contribution in [-0.2, 0) is 6.18 Å². The van der Waals surface area contributed by atoms with Gasteiger partial charge in [0.2, 0.25) is 0 Å². The van der Waals surface area contributed by atoms with Gasteiger partial charge in [0.15, 0.2) is 0 Å². The first-order valence-corrected chi connectivity index (χ1v) is 9.14. The lowest BCUT2D eigenvalue weighted by atomic mass is 10.1. The summed E-state index contributed by atoms with van der Waals surface area (Å²) in [6, 6.07) is 13.0. The molecule has 3 aromatic heterocycles. The average Bonchev–Trinajstić information content (AvgIpc) is 3.33. The number of imidazole rings is 1. The molecule has 0 spiro atoms. The molecule has 3 heterocycles. The van der Waals surface area contributed by atoms with E-state index in [0.29, 0.717) is 11.4 Å². The van der Waals surface area contributed by atoms with Crippen molar-refractivity contribution >= 4 is 22.7 Å². The van der Waals surface area contributed by atoms with E-state index >= 15 is 0 Å². The van der Waals surface area contributed by atoms with Crippen LogP contribution in [-0.4, -0.2) is 9.97 Å². The molecule has 0 aliphatic heterocycles. The number of aromatic amines is 1. The third kappa shape index (κ3) is 3.12. The van der Waals surface area contributed by atoms with Crippen molar-refractivity contribution in [1.82, 2.24) is 9.97 Å². The van der Waals surface area contributed by atoms with Crippen LogP contribution in [0, 0.1) is 0 Å². The van der Waals surface area contributed by atoms with Crippen LogP contribution < -0.4 is 0 Å². The van der Waals surface area contributed by atoms with Gasteiger partial charge in [0.05, 0.1) is 21.0 Å². The fourth-order valence-corrected chi connectivity index (χ4v) is 3.99. The Morgan fingerprint density at radius 1 is 0.880 bits per heavy atom. The Bertz CT molecular complexity index is 932. The van der Waals surface area contributed by atoms with Gasteiger partial charge in [0, 0.05) is 5.56 Å². The molecule has 126 valence electrons. The van der Waals surface area contributed by atoms with Crippen molar-refractivity contribution in [2.75, 3.05) is 0 Å². The van der Waals surface area contributed by atoms with Crippen molar-refractivity contribution in [1.29, 1.82) is 0 Å². The van der Waals surface area contributed by atoms with E-state index in [-0.39, 0.29) is 0 Å². The van der Waals surface area contributed by atoms with E-state index in [9.17, 15) is 13.2 Å². The van der Waals surface area contributed by atoms with Crippen LogP contribution in [0.1, 0.15) is 5.56 Å². The molecule has 4 aromatic rings. The highest BCUT2D eigenvalue weighted by atomic mass is 32.1. The minimum Gasteiger partial charge on any atom is -0.337 e. The first kappa shape index (κ1) is 16.1. The van der Waals surface area contributed by atoms with Crippen LogP contribution in [0.15, 0.2) is 59.3 Å². The molecule has 0 saturated heterocycles. The summed E-state index contributed by atoms with van der Waals surface area (Å²) in [5, 5.41) is 3.91. The number of nitrogens with zero attached hydrogens (tertiary/aromatic N) is 1. The largest absolute Gasteiger partial charge is 0.416 e. The standard InChI is InChI=1S/C18H11F3N2S2/c19-18(20,21)12-5-1-4-11(10-12)17-22-15(13-6-2-8-24-13)16(23-17)14-7-3-9-25-14/h1-10H,(H,22,23). The smallest absolute Gasteiger partial charge is 0.337 e. The summed E-state index contributed by atoms with van der Waals surface area (Å²) in [7, 11) is 0. The quantitative estimate of drug-likeness (QED) is 0.431. The molecule has 0 atom stereocenters. The first-order chi connectivity index (χ1) is 12.0. The van der Waals surface area contributed by atoms with Gasteiger partial charge < -0.3 is 4.98 Å². The molecule has 0 aliphatic rings. The zero-order valence-electron chi connectivity index (χ0n) is 12.7. The number of nitrogens with one attached hydrogen (secondary N) is 1. The molecule has 0 aliphatic carbocycles. The van der Waals surface area contributed by atoms with E-state index in [0.717, 1.165) is 33.3 Å². The maximum Gasteiger partial charge on any atom is 0.416 e. The summed E-state index contributed by atoms with van der Waals surface area (Å²) in [6.45, 7) is 0. The highest BCUT2D eigenvalue weighted by Crippen LogP contribution is 2.38. The van der Waals surface area contributed by atoms with Crippen LogP contribution in [0.5, 0.6) is 0 Å². The summed E-state index contributed by atoms with van der Waals surface area (Å²) < 4.78 is 39.0. The Morgan fingerprint density at radius 3 is 2.24 bits per heavy atom. The lowest BCUT2D eigenvalue weighted by molar-refractivity contribution is -0.137. The van der Waals surface area contributed by atoms with Crippen LogP contribution >= 0.6 is 22.7 Å². The molecule has 1 aromatic carbocycles. The van der Waals surface area contributed by atoms with E-state index in [2.05, 4.69) is 9.97 Å². The van der Waals surface area contributed by atoms with Crippen LogP contribution in [0.4, 0.5) is 13.2 Å². The van der Waals surface area contributed by atoms with Crippen LogP contribution in [0.3, 0.4) is 0 Å². The van der Waals surface area contributed by atoms with Crippen molar-refractivity contribution in [2.45, 2.75) is 6.18 Å². The summed E-state index contributed by atoms with van der Waals surface area (Å²) in [4.78, 5) is 9.77. The monoisotopic (exact) mass is 376 g/mol. The number of rotatable bonds is 3. The van der Waals surface area contributed by atoms with Gasteiger partial charge in [0.25, 0.3) is 0 Å². The number of alkyl halides is 3. The number of hydrogen-bond acceptors (Lipinski definition) is 3. The molecule has 25 heavy (non-hydrogen) atoms. The number of thiophene rings is 2. The zero-order valence-corrected chi connectivity index (χ0v) is 14.3. The topological polar surface area (TPSA) is 28.7 Å². The predicted molar refractivity (Wildman–Crippen MR) is 95.7 cm³/mol. The zero-order chi connectivity index (χ0) is 17.4. The second-order valence-electron chi connectivity index (χ2n) is 5.34. The minimum absolute atomic E-state index is 0.412. The number of aromatic nitrogens is 2. The molecule has 0 saturated carbocycles. The van der Waals surface area contributed by atoms with E-state index in [1.165, 1.54) is 6.07 Å². The van der Waals surface area contributed by atoms with Gasteiger partial charge in [-0.2, -0.15) is 13.2 Å². The Labute approximate surface area is 149 Å². The second kappa shape index (κ2) is 6.16. The number of H-pyrrole nitrogens is 1. The number of halogens is 3. The molecular formula is C18H11F3N2S2. The Hall–Kier alpha value is -2.38. The van der Waals surface area contributed by atoms with Crippen LogP contribution in [0.25, 0.3) is 32.5 Å². The van der Waals surface area contributed by atoms with Gasteiger partial charge in [0.1, 0.15) is 11.5 Å². The summed E-state index contributed by atoms with van der Waals surface area (Å²) in [6.07, 6.45) is -4.38. The van der Waals surface area contributed by atoms with Gasteiger partial charge >= 0.3 is 6.18 Å². The summed E-state index contributed by atoms with van der Waals surface area (Å²) >= 11 is 3.10. The Balaban J connectivity index is 1.86. The van der Waals surface area contributed by atoms with Crippen molar-refractivity contribution in [3.05, 3.63) is 64.9 Å². The van der Waals surface area contributed by atoms with Crippen molar-refractivity contribution < 1.29 is 13.2 Å². The highest BCUT2D eigenvalue weighted by molar-refractivity contribution is 7.14. The average molecular weight is 376 g/mol. The first-order valence-electron chi connectivity index (χ1n) is 7.38. The SMILES string of the molecule is FC(F)(F)c1cccc(-c2nc(-c3cccs3)c(-c3cccs3)[nH]2)c1. The lowest BCUT2D eigenvalue weighted by Crippen LogP contribution is -2.04. The van der Waals surface area contributed by atoms with Crippen LogP contribution in [0.2, 0.25) is 0 Å². The van der Waals surface area contributed by atoms with Crippen molar-refractivity contribution in [3.63, 3.8) is 0 Å². The van der Waals surface area contributed by atoms with Gasteiger partial charge in [-0.05, 0) is 35.0 Å². The number of benzene rings is 1. The van der Waals surface area contributed by atoms with E-state index < -0.39 is 11.7 Å². The second-order valence-corrected chi connectivity index (χ2v) is 7.24.